The highest BCUT2D eigenvalue weighted by Crippen LogP contribution is 2.42. The van der Waals surface area contributed by atoms with Gasteiger partial charge in [-0.2, -0.15) is 0 Å². The standard InChI is InChI=1S/C29H36N2O5/c1-29(2,3)19-11-14-23(35-6)22(16-19)26(32)24-25(18-9-12-20(13-10-18)30(4)5)31(28(34)27(24)33)17-21-8-7-15-36-21/h9-14,16,21,25,32H,7-8,15,17H2,1-6H3/b26-24+. The van der Waals surface area contributed by atoms with Gasteiger partial charge in [0.1, 0.15) is 11.5 Å². The highest BCUT2D eigenvalue weighted by atomic mass is 16.5. The number of hydrogen-bond donors (Lipinski definition) is 1. The first-order valence-corrected chi connectivity index (χ1v) is 12.4. The van der Waals surface area contributed by atoms with Crippen molar-refractivity contribution in [3.05, 3.63) is 64.7 Å². The van der Waals surface area contributed by atoms with Crippen LogP contribution in [-0.4, -0.2) is 62.2 Å². The van der Waals surface area contributed by atoms with E-state index in [4.69, 9.17) is 9.47 Å². The molecule has 2 saturated heterocycles. The molecule has 36 heavy (non-hydrogen) atoms. The molecule has 2 fully saturated rings. The quantitative estimate of drug-likeness (QED) is 0.359. The Morgan fingerprint density at radius 2 is 1.83 bits per heavy atom. The van der Waals surface area contributed by atoms with Gasteiger partial charge in [0.25, 0.3) is 11.7 Å². The molecule has 7 nitrogen and oxygen atoms in total. The van der Waals surface area contributed by atoms with Crippen LogP contribution in [0.3, 0.4) is 0 Å². The topological polar surface area (TPSA) is 79.3 Å². The van der Waals surface area contributed by atoms with Crippen molar-refractivity contribution in [2.24, 2.45) is 0 Å². The number of rotatable bonds is 6. The lowest BCUT2D eigenvalue weighted by Crippen LogP contribution is -2.36. The minimum absolute atomic E-state index is 0.0694. The van der Waals surface area contributed by atoms with Gasteiger partial charge in [0.15, 0.2) is 0 Å². The number of hydrogen-bond acceptors (Lipinski definition) is 6. The maximum Gasteiger partial charge on any atom is 0.295 e. The number of ketones is 1. The predicted octanol–water partition coefficient (Wildman–Crippen LogP) is 4.66. The molecular weight excluding hydrogens is 456 g/mol. The summed E-state index contributed by atoms with van der Waals surface area (Å²) in [4.78, 5) is 30.3. The number of amides is 1. The van der Waals surface area contributed by atoms with Crippen molar-refractivity contribution in [3.8, 4) is 5.75 Å². The average molecular weight is 493 g/mol. The largest absolute Gasteiger partial charge is 0.507 e. The van der Waals surface area contributed by atoms with Crippen LogP contribution in [-0.2, 0) is 19.7 Å². The van der Waals surface area contributed by atoms with E-state index in [1.807, 2.05) is 55.4 Å². The van der Waals surface area contributed by atoms with Crippen LogP contribution in [0.1, 0.15) is 56.3 Å². The Morgan fingerprint density at radius 1 is 1.14 bits per heavy atom. The van der Waals surface area contributed by atoms with Crippen LogP contribution in [0.2, 0.25) is 0 Å². The second-order valence-electron chi connectivity index (χ2n) is 10.7. The molecule has 0 saturated carbocycles. The summed E-state index contributed by atoms with van der Waals surface area (Å²) in [6.45, 7) is 7.16. The number of benzene rings is 2. The van der Waals surface area contributed by atoms with Crippen molar-refractivity contribution in [1.29, 1.82) is 0 Å². The molecule has 4 rings (SSSR count). The molecule has 2 heterocycles. The number of ether oxygens (including phenoxy) is 2. The Labute approximate surface area is 213 Å². The SMILES string of the molecule is COc1ccc(C(C)(C)C)cc1/C(O)=C1\C(=O)C(=O)N(CC2CCCO2)C1c1ccc(N(C)C)cc1. The van der Waals surface area contributed by atoms with Crippen LogP contribution in [0.5, 0.6) is 5.75 Å². The van der Waals surface area contributed by atoms with Gasteiger partial charge in [-0.25, -0.2) is 0 Å². The van der Waals surface area contributed by atoms with E-state index in [9.17, 15) is 14.7 Å². The van der Waals surface area contributed by atoms with Gasteiger partial charge in [-0.1, -0.05) is 39.0 Å². The second kappa shape index (κ2) is 9.97. The lowest BCUT2D eigenvalue weighted by molar-refractivity contribution is -0.140. The zero-order valence-corrected chi connectivity index (χ0v) is 22.0. The highest BCUT2D eigenvalue weighted by Gasteiger charge is 2.47. The lowest BCUT2D eigenvalue weighted by atomic mass is 9.85. The highest BCUT2D eigenvalue weighted by molar-refractivity contribution is 6.46. The van der Waals surface area contributed by atoms with E-state index in [2.05, 4.69) is 20.8 Å². The molecule has 0 aromatic heterocycles. The van der Waals surface area contributed by atoms with Gasteiger partial charge < -0.3 is 24.4 Å². The van der Waals surface area contributed by atoms with Crippen LogP contribution in [0.4, 0.5) is 5.69 Å². The fourth-order valence-electron chi connectivity index (χ4n) is 4.88. The van der Waals surface area contributed by atoms with E-state index < -0.39 is 17.7 Å². The number of aliphatic hydroxyl groups excluding tert-OH is 1. The van der Waals surface area contributed by atoms with E-state index >= 15 is 0 Å². The van der Waals surface area contributed by atoms with E-state index in [0.717, 1.165) is 29.7 Å². The van der Waals surface area contributed by atoms with Crippen molar-refractivity contribution in [2.75, 3.05) is 39.3 Å². The molecule has 2 aromatic rings. The number of Topliss-reactive ketones (excluding diaryl/α,β-unsaturated/α-hetero) is 1. The second-order valence-corrected chi connectivity index (χ2v) is 10.7. The minimum Gasteiger partial charge on any atom is -0.507 e. The monoisotopic (exact) mass is 492 g/mol. The first-order chi connectivity index (χ1) is 17.0. The molecule has 0 spiro atoms. The van der Waals surface area contributed by atoms with Crippen LogP contribution < -0.4 is 9.64 Å². The molecule has 0 radical (unpaired) electrons. The fraction of sp³-hybridized carbons (Fsp3) is 0.448. The fourth-order valence-corrected chi connectivity index (χ4v) is 4.88. The van der Waals surface area contributed by atoms with Crippen molar-refractivity contribution in [2.45, 2.75) is 51.2 Å². The third-order valence-corrected chi connectivity index (χ3v) is 7.01. The van der Waals surface area contributed by atoms with Gasteiger partial charge in [0, 0.05) is 32.9 Å². The Hall–Kier alpha value is -3.32. The number of likely N-dealkylation sites (tertiary alicyclic amines) is 1. The summed E-state index contributed by atoms with van der Waals surface area (Å²) in [5, 5.41) is 11.6. The maximum atomic E-state index is 13.4. The molecule has 7 heteroatoms. The summed E-state index contributed by atoms with van der Waals surface area (Å²) in [6, 6.07) is 12.6. The summed E-state index contributed by atoms with van der Waals surface area (Å²) >= 11 is 0. The van der Waals surface area contributed by atoms with E-state index in [-0.39, 0.29) is 22.9 Å². The first kappa shape index (κ1) is 25.8. The zero-order chi connectivity index (χ0) is 26.2. The van der Waals surface area contributed by atoms with Gasteiger partial charge in [0.05, 0.1) is 30.4 Å². The molecule has 1 N–H and O–H groups in total. The zero-order valence-electron chi connectivity index (χ0n) is 22.0. The normalized spacial score (nSPS) is 21.8. The molecule has 2 atom stereocenters. The van der Waals surface area contributed by atoms with Crippen molar-refractivity contribution >= 4 is 23.1 Å². The summed E-state index contributed by atoms with van der Waals surface area (Å²) in [5.74, 6) is -1.12. The first-order valence-electron chi connectivity index (χ1n) is 12.4. The molecule has 192 valence electrons. The number of aliphatic hydroxyl groups is 1. The number of carbonyl (C=O) groups is 2. The smallest absolute Gasteiger partial charge is 0.295 e. The summed E-state index contributed by atoms with van der Waals surface area (Å²) in [7, 11) is 5.43. The minimum atomic E-state index is -0.728. The van der Waals surface area contributed by atoms with Gasteiger partial charge >= 0.3 is 0 Å². The lowest BCUT2D eigenvalue weighted by Gasteiger charge is -2.28. The summed E-state index contributed by atoms with van der Waals surface area (Å²) in [6.07, 6.45) is 1.62. The van der Waals surface area contributed by atoms with E-state index in [1.54, 1.807) is 11.0 Å². The Bertz CT molecular complexity index is 1170. The molecule has 2 unspecified atom stereocenters. The maximum absolute atomic E-state index is 13.4. The molecule has 2 aliphatic rings. The van der Waals surface area contributed by atoms with Crippen molar-refractivity contribution in [1.82, 2.24) is 4.90 Å². The van der Waals surface area contributed by atoms with Crippen molar-refractivity contribution in [3.63, 3.8) is 0 Å². The molecular formula is C29H36N2O5. The Kier molecular flexibility index (Phi) is 7.14. The van der Waals surface area contributed by atoms with Gasteiger partial charge in [-0.3, -0.25) is 9.59 Å². The van der Waals surface area contributed by atoms with E-state index in [1.165, 1.54) is 7.11 Å². The summed E-state index contributed by atoms with van der Waals surface area (Å²) in [5.41, 5.74) is 3.01. The van der Waals surface area contributed by atoms with Gasteiger partial charge in [-0.15, -0.1) is 0 Å². The Morgan fingerprint density at radius 3 is 2.39 bits per heavy atom. The molecule has 0 bridgehead atoms. The van der Waals surface area contributed by atoms with Gasteiger partial charge in [-0.05, 0) is 53.6 Å². The number of anilines is 1. The number of nitrogens with zero attached hydrogens (tertiary/aromatic N) is 2. The molecule has 0 aliphatic carbocycles. The average Bonchev–Trinajstić information content (AvgIpc) is 3.45. The molecule has 2 aliphatic heterocycles. The summed E-state index contributed by atoms with van der Waals surface area (Å²) < 4.78 is 11.3. The number of carbonyl (C=O) groups excluding carboxylic acids is 2. The van der Waals surface area contributed by atoms with Gasteiger partial charge in [0.2, 0.25) is 0 Å². The van der Waals surface area contributed by atoms with E-state index in [0.29, 0.717) is 24.5 Å². The Balaban J connectivity index is 1.88. The molecule has 2 aromatic carbocycles. The predicted molar refractivity (Wildman–Crippen MR) is 140 cm³/mol. The third-order valence-electron chi connectivity index (χ3n) is 7.01. The number of methoxy groups -OCH3 is 1. The van der Waals surface area contributed by atoms with Crippen LogP contribution >= 0.6 is 0 Å². The third kappa shape index (κ3) is 4.85. The van der Waals surface area contributed by atoms with Crippen molar-refractivity contribution < 1.29 is 24.2 Å². The van der Waals surface area contributed by atoms with Crippen LogP contribution in [0, 0.1) is 0 Å². The van der Waals surface area contributed by atoms with Crippen LogP contribution in [0.15, 0.2) is 48.0 Å². The molecule has 1 amide bonds. The van der Waals surface area contributed by atoms with Crippen LogP contribution in [0.25, 0.3) is 5.76 Å².